The number of nitrogens with one attached hydrogen (secondary N) is 1. The van der Waals surface area contributed by atoms with Crippen molar-refractivity contribution in [3.05, 3.63) is 12.2 Å². The van der Waals surface area contributed by atoms with E-state index in [2.05, 4.69) is 15.4 Å². The third-order valence-corrected chi connectivity index (χ3v) is 1.31. The fourth-order valence-electron chi connectivity index (χ4n) is 0.750. The van der Waals surface area contributed by atoms with Gasteiger partial charge in [0.15, 0.2) is 0 Å². The average Bonchev–Trinajstić information content (AvgIpc) is 2.47. The molecule has 1 aromatic rings. The Kier molecular flexibility index (Phi) is 2.76. The number of aliphatic hydroxyl groups is 1. The quantitative estimate of drug-likeness (QED) is 0.580. The minimum Gasteiger partial charge on any atom is -0.395 e. The molecule has 0 aliphatic rings. The highest BCUT2D eigenvalue weighted by Gasteiger charge is 2.09. The van der Waals surface area contributed by atoms with Crippen LogP contribution in [-0.2, 0) is 7.05 Å². The van der Waals surface area contributed by atoms with Gasteiger partial charge in [0.2, 0.25) is 5.82 Å². The largest absolute Gasteiger partial charge is 0.395 e. The normalized spacial score (nSPS) is 9.83. The molecule has 0 spiro atoms. The lowest BCUT2D eigenvalue weighted by Crippen LogP contribution is -2.28. The van der Waals surface area contributed by atoms with Gasteiger partial charge in [-0.1, -0.05) is 0 Å². The summed E-state index contributed by atoms with van der Waals surface area (Å²) < 4.78 is 1.37. The van der Waals surface area contributed by atoms with Crippen LogP contribution < -0.4 is 5.32 Å². The fourth-order valence-corrected chi connectivity index (χ4v) is 0.750. The summed E-state index contributed by atoms with van der Waals surface area (Å²) in [6.45, 7) is 0.148. The molecule has 1 aromatic heterocycles. The van der Waals surface area contributed by atoms with Crippen LogP contribution in [0.25, 0.3) is 0 Å². The van der Waals surface area contributed by atoms with Crippen molar-refractivity contribution in [2.75, 3.05) is 13.2 Å². The molecule has 6 heteroatoms. The Labute approximate surface area is 69.2 Å². The number of carbonyl (C=O) groups excluding carboxylic acids is 1. The van der Waals surface area contributed by atoms with Gasteiger partial charge in [-0.3, -0.25) is 4.79 Å². The molecule has 0 unspecified atom stereocenters. The van der Waals surface area contributed by atoms with E-state index in [0.29, 0.717) is 0 Å². The summed E-state index contributed by atoms with van der Waals surface area (Å²) in [5.74, 6) is -0.0903. The molecule has 2 N–H and O–H groups in total. The van der Waals surface area contributed by atoms with E-state index in [4.69, 9.17) is 5.11 Å². The monoisotopic (exact) mass is 170 g/mol. The SMILES string of the molecule is Cn1ncnc1C(=O)NCCO. The summed E-state index contributed by atoms with van der Waals surface area (Å²) in [6, 6.07) is 0. The van der Waals surface area contributed by atoms with E-state index in [1.165, 1.54) is 11.0 Å². The van der Waals surface area contributed by atoms with Crippen molar-refractivity contribution in [3.63, 3.8) is 0 Å². The van der Waals surface area contributed by atoms with E-state index in [-0.39, 0.29) is 24.9 Å². The molecular formula is C6H10N4O2. The summed E-state index contributed by atoms with van der Waals surface area (Å²) in [6.07, 6.45) is 1.30. The number of aromatic nitrogens is 3. The van der Waals surface area contributed by atoms with Crippen molar-refractivity contribution in [1.29, 1.82) is 0 Å². The number of hydrogen-bond donors (Lipinski definition) is 2. The number of amides is 1. The first-order valence-electron chi connectivity index (χ1n) is 3.48. The third kappa shape index (κ3) is 1.79. The van der Waals surface area contributed by atoms with E-state index >= 15 is 0 Å². The fraction of sp³-hybridized carbons (Fsp3) is 0.500. The molecule has 0 aromatic carbocycles. The molecule has 0 bridgehead atoms. The maximum absolute atomic E-state index is 11.1. The Hall–Kier alpha value is -1.43. The van der Waals surface area contributed by atoms with Crippen LogP contribution in [0.5, 0.6) is 0 Å². The van der Waals surface area contributed by atoms with Crippen molar-refractivity contribution in [3.8, 4) is 0 Å². The minimum atomic E-state index is -0.330. The number of rotatable bonds is 3. The summed E-state index contributed by atoms with van der Waals surface area (Å²) >= 11 is 0. The average molecular weight is 170 g/mol. The van der Waals surface area contributed by atoms with E-state index in [1.807, 2.05) is 0 Å². The summed E-state index contributed by atoms with van der Waals surface area (Å²) in [4.78, 5) is 14.9. The maximum atomic E-state index is 11.1. The second-order valence-corrected chi connectivity index (χ2v) is 2.19. The lowest BCUT2D eigenvalue weighted by molar-refractivity contribution is 0.0930. The molecule has 12 heavy (non-hydrogen) atoms. The van der Waals surface area contributed by atoms with Crippen molar-refractivity contribution < 1.29 is 9.90 Å². The van der Waals surface area contributed by atoms with Crippen LogP contribution >= 0.6 is 0 Å². The number of aliphatic hydroxyl groups excluding tert-OH is 1. The highest BCUT2D eigenvalue weighted by atomic mass is 16.3. The van der Waals surface area contributed by atoms with Crippen LogP contribution in [0.15, 0.2) is 6.33 Å². The molecule has 0 saturated heterocycles. The lowest BCUT2D eigenvalue weighted by atomic mass is 10.5. The predicted molar refractivity (Wildman–Crippen MR) is 40.4 cm³/mol. The Balaban J connectivity index is 2.59. The highest BCUT2D eigenvalue weighted by molar-refractivity contribution is 5.90. The number of hydrogen-bond acceptors (Lipinski definition) is 4. The van der Waals surface area contributed by atoms with Crippen molar-refractivity contribution >= 4 is 5.91 Å². The van der Waals surface area contributed by atoms with Crippen LogP contribution in [0.3, 0.4) is 0 Å². The molecule has 1 rings (SSSR count). The Morgan fingerprint density at radius 1 is 1.83 bits per heavy atom. The van der Waals surface area contributed by atoms with E-state index in [9.17, 15) is 4.79 Å². The zero-order chi connectivity index (χ0) is 8.97. The molecule has 0 fully saturated rings. The number of carbonyl (C=O) groups is 1. The molecule has 0 aliphatic heterocycles. The second-order valence-electron chi connectivity index (χ2n) is 2.19. The molecule has 1 heterocycles. The topological polar surface area (TPSA) is 80.0 Å². The van der Waals surface area contributed by atoms with Gasteiger partial charge < -0.3 is 10.4 Å². The first kappa shape index (κ1) is 8.66. The maximum Gasteiger partial charge on any atom is 0.288 e. The van der Waals surface area contributed by atoms with E-state index < -0.39 is 0 Å². The van der Waals surface area contributed by atoms with Crippen molar-refractivity contribution in [2.24, 2.45) is 7.05 Å². The van der Waals surface area contributed by atoms with E-state index in [0.717, 1.165) is 0 Å². The summed E-state index contributed by atoms with van der Waals surface area (Å²) in [5, 5.41) is 14.6. The molecular weight excluding hydrogens is 160 g/mol. The van der Waals surface area contributed by atoms with Crippen molar-refractivity contribution in [1.82, 2.24) is 20.1 Å². The van der Waals surface area contributed by atoms with Crippen LogP contribution in [0.2, 0.25) is 0 Å². The first-order valence-corrected chi connectivity index (χ1v) is 3.48. The van der Waals surface area contributed by atoms with Gasteiger partial charge in [0.05, 0.1) is 6.61 Å². The van der Waals surface area contributed by atoms with Crippen LogP contribution in [0, 0.1) is 0 Å². The molecule has 66 valence electrons. The van der Waals surface area contributed by atoms with Crippen LogP contribution in [0.4, 0.5) is 0 Å². The Morgan fingerprint density at radius 3 is 3.08 bits per heavy atom. The van der Waals surface area contributed by atoms with Gasteiger partial charge in [-0.05, 0) is 0 Å². The second kappa shape index (κ2) is 3.82. The number of aryl methyl sites for hydroxylation is 1. The number of nitrogens with zero attached hydrogens (tertiary/aromatic N) is 3. The van der Waals surface area contributed by atoms with Gasteiger partial charge in [-0.2, -0.15) is 5.10 Å². The minimum absolute atomic E-state index is 0.0798. The zero-order valence-electron chi connectivity index (χ0n) is 6.69. The zero-order valence-corrected chi connectivity index (χ0v) is 6.69. The molecule has 0 radical (unpaired) electrons. The third-order valence-electron chi connectivity index (χ3n) is 1.31. The molecule has 0 aliphatic carbocycles. The van der Waals surface area contributed by atoms with E-state index in [1.54, 1.807) is 7.05 Å². The standard InChI is InChI=1S/C6H10N4O2/c1-10-5(8-4-9-10)6(12)7-2-3-11/h4,11H,2-3H2,1H3,(H,7,12). The lowest BCUT2D eigenvalue weighted by Gasteiger charge is -2.00. The van der Waals surface area contributed by atoms with Gasteiger partial charge in [0, 0.05) is 13.6 Å². The van der Waals surface area contributed by atoms with Crippen LogP contribution in [-0.4, -0.2) is 38.9 Å². The molecule has 0 saturated carbocycles. The van der Waals surface area contributed by atoms with Crippen LogP contribution in [0.1, 0.15) is 10.6 Å². The summed E-state index contributed by atoms with van der Waals surface area (Å²) in [5.41, 5.74) is 0. The van der Waals surface area contributed by atoms with Crippen molar-refractivity contribution in [2.45, 2.75) is 0 Å². The van der Waals surface area contributed by atoms with Gasteiger partial charge in [0.25, 0.3) is 5.91 Å². The van der Waals surface area contributed by atoms with Gasteiger partial charge in [-0.25, -0.2) is 9.67 Å². The smallest absolute Gasteiger partial charge is 0.288 e. The summed E-state index contributed by atoms with van der Waals surface area (Å²) in [7, 11) is 1.63. The van der Waals surface area contributed by atoms with Gasteiger partial charge >= 0.3 is 0 Å². The molecule has 1 amide bonds. The Morgan fingerprint density at radius 2 is 2.58 bits per heavy atom. The molecule has 6 nitrogen and oxygen atoms in total. The van der Waals surface area contributed by atoms with Gasteiger partial charge in [-0.15, -0.1) is 0 Å². The van der Waals surface area contributed by atoms with Gasteiger partial charge in [0.1, 0.15) is 6.33 Å². The first-order chi connectivity index (χ1) is 5.75. The predicted octanol–water partition coefficient (Wildman–Crippen LogP) is -1.46. The Bertz CT molecular complexity index is 270. The highest BCUT2D eigenvalue weighted by Crippen LogP contribution is 1.88. The molecule has 0 atom stereocenters.